The molecule has 0 bridgehead atoms. The molecule has 746 valence electrons. The molecule has 0 fully saturated rings. The summed E-state index contributed by atoms with van der Waals surface area (Å²) in [5.41, 5.74) is 3.82. The quantitative estimate of drug-likeness (QED) is 0.0122. The number of hydrogen-bond acceptors (Lipinski definition) is 28. The maximum absolute atomic E-state index is 16.9. The first kappa shape index (κ1) is 102. The molecule has 2 heterocycles. The Labute approximate surface area is 842 Å². The summed E-state index contributed by atoms with van der Waals surface area (Å²) in [7, 11) is 3.63. The van der Waals surface area contributed by atoms with Gasteiger partial charge in [0.1, 0.15) is 117 Å². The Balaban J connectivity index is 0.936. The molecule has 2 unspecified atom stereocenters. The number of fused-ring (bicyclic) bond motifs is 2. The van der Waals surface area contributed by atoms with Gasteiger partial charge in [-0.1, -0.05) is 137 Å². The number of nitrogens with zero attached hydrogens (tertiary/aromatic N) is 2. The largest absolute Gasteiger partial charge is 0.504 e. The van der Waals surface area contributed by atoms with Gasteiger partial charge in [-0.15, -0.1) is 0 Å². The van der Waals surface area contributed by atoms with Crippen molar-refractivity contribution < 1.29 is 130 Å². The van der Waals surface area contributed by atoms with Crippen molar-refractivity contribution in [2.75, 3.05) is 78.2 Å². The number of esters is 2. The molecule has 4 amide bonds. The van der Waals surface area contributed by atoms with E-state index in [9.17, 15) is 4.80 Å². The summed E-state index contributed by atoms with van der Waals surface area (Å²) in [5.74, 6) is -3.59. The van der Waals surface area contributed by atoms with Gasteiger partial charge in [0, 0.05) is 145 Å². The van der Waals surface area contributed by atoms with E-state index in [4.69, 9.17) is 96.1 Å². The van der Waals surface area contributed by atoms with E-state index in [1.54, 1.807) is 252 Å². The number of carbonyl (C=O) groups excluding carboxylic acids is 6. The molecule has 0 saturated carbocycles. The summed E-state index contributed by atoms with van der Waals surface area (Å²) in [5, 5.41) is 0.709. The predicted octanol–water partition coefficient (Wildman–Crippen LogP) is 22.0. The summed E-state index contributed by atoms with van der Waals surface area (Å²) in [4.78, 5) is 111. The highest BCUT2D eigenvalue weighted by Gasteiger charge is 2.50. The zero-order valence-electron chi connectivity index (χ0n) is 82.5. The Morgan fingerprint density at radius 2 is 0.469 bits per heavy atom. The van der Waals surface area contributed by atoms with Gasteiger partial charge in [0.05, 0.1) is 22.3 Å². The van der Waals surface area contributed by atoms with Crippen molar-refractivity contribution in [2.24, 2.45) is 11.8 Å². The topological polar surface area (TPSA) is 323 Å². The molecule has 15 aromatic rings. The molecule has 17 rings (SSSR count). The highest BCUT2D eigenvalue weighted by Crippen LogP contribution is 2.59. The van der Waals surface area contributed by atoms with E-state index >= 15 is 28.8 Å². The molecule has 0 spiro atoms. The molecule has 0 radical (unpaired) electrons. The van der Waals surface area contributed by atoms with Crippen LogP contribution in [-0.2, 0) is 105 Å². The average Bonchev–Trinajstić information content (AvgIpc) is 0.667. The zero-order chi connectivity index (χ0) is 102. The molecule has 0 saturated heterocycles. The fourth-order valence-corrected chi connectivity index (χ4v) is 24.4. The summed E-state index contributed by atoms with van der Waals surface area (Å²) >= 11 is 0. The van der Waals surface area contributed by atoms with Crippen LogP contribution in [0.2, 0.25) is 0 Å². The van der Waals surface area contributed by atoms with Crippen molar-refractivity contribution in [1.29, 1.82) is 0 Å². The standard InChI is InChI=1S/C111H108N2O28Si4/c1-68(2)104(110(118)132-62-70-26-18-16-19-27-70)112-106(114)88-58-92(138-80-46-38-76(39-47-80)134-84-34-22-30-72(54-84)64-142(120,121-5)122-6)98-99-93(139-81-48-40-77(41-49-81)135-85-35-23-31-73(55-85)65-143(123-7,124-8)125-9)59-90-97-91(109(117)113(108(90)116)105(69(3)4)111(119)133-63-71-28-20-17-21-29-71)61-95(141-83-52-44-79(45-53-83)137-87-37-25-33-75(57-87)67-145(129-13,130-14)131-15)101(103(97)99)100-94(60-89(107(112)115)96(88)102(98)100)140-82-50-42-78(43-51-82)136-86-36-24-32-74(56-86)66-144(126-10,127-11)128-12/h16-61,68-69,104-105,120H,62-67H2,1-15H3. The number of ether oxygens (including phenoxy) is 10. The molecule has 30 nitrogen and oxygen atoms in total. The Morgan fingerprint density at radius 3 is 0.690 bits per heavy atom. The van der Waals surface area contributed by atoms with Gasteiger partial charge in [-0.25, -0.2) is 9.59 Å². The molecule has 15 aromatic carbocycles. The van der Waals surface area contributed by atoms with Crippen LogP contribution < -0.4 is 37.9 Å². The van der Waals surface area contributed by atoms with Crippen LogP contribution in [0.4, 0.5) is 0 Å². The van der Waals surface area contributed by atoms with Gasteiger partial charge >= 0.3 is 47.2 Å². The number of rotatable bonds is 45. The average molecular weight is 2030 g/mol. The van der Waals surface area contributed by atoms with Crippen LogP contribution in [0.1, 0.15) is 103 Å². The number of amides is 4. The van der Waals surface area contributed by atoms with Crippen molar-refractivity contribution in [1.82, 2.24) is 9.80 Å². The first-order chi connectivity index (χ1) is 70.1. The first-order valence-corrected chi connectivity index (χ1v) is 54.4. The summed E-state index contributed by atoms with van der Waals surface area (Å²) in [6.45, 7) is 6.39. The minimum atomic E-state index is -3.61. The lowest BCUT2D eigenvalue weighted by Gasteiger charge is -2.36. The third-order valence-electron chi connectivity index (χ3n) is 25.6. The smallest absolute Gasteiger partial charge is 0.459 e. The van der Waals surface area contributed by atoms with Gasteiger partial charge in [0.2, 0.25) is 0 Å². The molecule has 2 aliphatic rings. The van der Waals surface area contributed by atoms with Crippen LogP contribution in [0.25, 0.3) is 43.1 Å². The monoisotopic (exact) mass is 2030 g/mol. The predicted molar refractivity (Wildman–Crippen MR) is 548 cm³/mol. The van der Waals surface area contributed by atoms with Gasteiger partial charge in [-0.3, -0.25) is 29.0 Å². The zero-order valence-corrected chi connectivity index (χ0v) is 86.5. The van der Waals surface area contributed by atoms with E-state index in [0.29, 0.717) is 80.8 Å². The van der Waals surface area contributed by atoms with Crippen molar-refractivity contribution in [3.05, 3.63) is 335 Å². The third kappa shape index (κ3) is 21.6. The van der Waals surface area contributed by atoms with E-state index in [1.165, 1.54) is 59.8 Å². The molecule has 145 heavy (non-hydrogen) atoms. The molecule has 2 aliphatic heterocycles. The second kappa shape index (κ2) is 44.0. The molecule has 1 N–H and O–H groups in total. The summed E-state index contributed by atoms with van der Waals surface area (Å²) < 4.78 is 131. The van der Waals surface area contributed by atoms with Gasteiger partial charge in [0.25, 0.3) is 23.6 Å². The van der Waals surface area contributed by atoms with Gasteiger partial charge in [-0.2, -0.15) is 0 Å². The van der Waals surface area contributed by atoms with Crippen molar-refractivity contribution in [3.63, 3.8) is 0 Å². The Kier molecular flexibility index (Phi) is 31.0. The van der Waals surface area contributed by atoms with E-state index in [-0.39, 0.29) is 131 Å². The fraction of sp³-hybridized carbons (Fsp3) is 0.225. The van der Waals surface area contributed by atoms with E-state index in [1.807, 2.05) is 72.8 Å². The molecule has 0 aromatic heterocycles. The second-order valence-corrected chi connectivity index (χ2v) is 46.6. The van der Waals surface area contributed by atoms with E-state index in [2.05, 4.69) is 0 Å². The molecular weight excluding hydrogens is 1920 g/mol. The highest BCUT2D eigenvalue weighted by molar-refractivity contribution is 6.61. The van der Waals surface area contributed by atoms with Crippen molar-refractivity contribution in [3.8, 4) is 92.0 Å². The number of benzene rings is 15. The number of carbonyl (C=O) groups is 6. The van der Waals surface area contributed by atoms with E-state index < -0.39 is 94.7 Å². The lowest BCUT2D eigenvalue weighted by atomic mass is 9.80. The lowest BCUT2D eigenvalue weighted by Crippen LogP contribution is -2.53. The van der Waals surface area contributed by atoms with Crippen molar-refractivity contribution >= 4 is 114 Å². The maximum atomic E-state index is 16.9. The Bertz CT molecular complexity index is 6640. The van der Waals surface area contributed by atoms with Crippen LogP contribution in [0.15, 0.2) is 279 Å². The normalized spacial score (nSPS) is 13.3. The van der Waals surface area contributed by atoms with Crippen LogP contribution in [-0.4, -0.2) is 176 Å². The summed E-state index contributed by atoms with van der Waals surface area (Å²) in [6.07, 6.45) is 0. The maximum Gasteiger partial charge on any atom is 0.504 e. The van der Waals surface area contributed by atoms with Gasteiger partial charge in [0.15, 0.2) is 0 Å². The molecular formula is C111H108N2O28Si4. The highest BCUT2D eigenvalue weighted by atomic mass is 28.4. The number of hydrogen-bond donors (Lipinski definition) is 1. The van der Waals surface area contributed by atoms with Crippen LogP contribution in [0, 0.1) is 11.8 Å². The first-order valence-electron chi connectivity index (χ1n) is 46.6. The fourth-order valence-electron chi connectivity index (χ4n) is 18.2. The van der Waals surface area contributed by atoms with Crippen LogP contribution in [0.5, 0.6) is 92.0 Å². The van der Waals surface area contributed by atoms with Crippen molar-refractivity contribution in [2.45, 2.75) is 77.2 Å². The van der Waals surface area contributed by atoms with Crippen LogP contribution in [0.3, 0.4) is 0 Å². The third-order valence-corrected chi connectivity index (χ3v) is 35.8. The van der Waals surface area contributed by atoms with Gasteiger partial charge < -0.3 is 101 Å². The van der Waals surface area contributed by atoms with E-state index in [0.717, 1.165) is 26.5 Å². The Hall–Kier alpha value is -14.4. The van der Waals surface area contributed by atoms with Gasteiger partial charge in [-0.05, 0) is 215 Å². The molecule has 2 atom stereocenters. The summed E-state index contributed by atoms with van der Waals surface area (Å²) in [6, 6.07) is 77.8. The molecule has 34 heteroatoms. The molecule has 0 aliphatic carbocycles. The van der Waals surface area contributed by atoms with Crippen LogP contribution >= 0.6 is 0 Å². The Morgan fingerprint density at radius 1 is 0.248 bits per heavy atom. The lowest BCUT2D eigenvalue weighted by molar-refractivity contribution is -0.152. The minimum Gasteiger partial charge on any atom is -0.459 e. The minimum absolute atomic E-state index is 0.0326. The SMILES string of the molecule is CO[Si](O)(Cc1cccc(Oc2ccc(Oc3cc4c5c(cc(Oc6ccc(Oc7cccc(C[Si](OC)(OC)OC)c7)cc6)c6c7c(Oc8ccc(Oc9cccc(C[Si](OC)(OC)OC)c9)cc8)cc8c9c(cc(Oc%10ccc(Oc%11cccc(C[Si](OC)(OC)OC)c%11)cc%10)c(c3c56)c97)C(=O)N(C(C(=O)OCc3ccccc3)C(C)C)C8=O)C(=O)N(C(C(=O)OCc3ccccc3)C(C)C)C4=O)cc2)c1)OC. The number of imide groups is 2. The second-order valence-electron chi connectivity index (χ2n) is 35.2.